The molecule has 0 nitrogen and oxygen atoms in total. The van der Waals surface area contributed by atoms with Crippen molar-refractivity contribution in [1.29, 1.82) is 0 Å². The van der Waals surface area contributed by atoms with Gasteiger partial charge in [-0.15, -0.1) is 23.1 Å². The summed E-state index contributed by atoms with van der Waals surface area (Å²) in [6.07, 6.45) is 2.64. The Morgan fingerprint density at radius 2 is 2.17 bits per heavy atom. The Bertz CT molecular complexity index is 238. The molecule has 0 unspecified atom stereocenters. The average molecular weight is 200 g/mol. The van der Waals surface area contributed by atoms with E-state index in [0.717, 1.165) is 0 Å². The van der Waals surface area contributed by atoms with Crippen LogP contribution in [0.25, 0.3) is 0 Å². The third-order valence-corrected chi connectivity index (χ3v) is 4.67. The van der Waals surface area contributed by atoms with Crippen molar-refractivity contribution in [3.63, 3.8) is 0 Å². The van der Waals surface area contributed by atoms with Crippen molar-refractivity contribution < 1.29 is 0 Å². The zero-order valence-electron chi connectivity index (χ0n) is 8.02. The van der Waals surface area contributed by atoms with Gasteiger partial charge in [-0.25, -0.2) is 0 Å². The first-order chi connectivity index (χ1) is 5.75. The van der Waals surface area contributed by atoms with Crippen molar-refractivity contribution in [2.45, 2.75) is 37.8 Å². The molecule has 0 atom stereocenters. The molecule has 1 aromatic heterocycles. The minimum absolute atomic E-state index is 1.28. The molecule has 1 rings (SSSR count). The van der Waals surface area contributed by atoms with Crippen molar-refractivity contribution >= 4 is 23.1 Å². The lowest BCUT2D eigenvalue weighted by Crippen LogP contribution is -1.78. The number of aryl methyl sites for hydroxylation is 1. The monoisotopic (exact) mass is 200 g/mol. The first kappa shape index (κ1) is 10.1. The molecule has 12 heavy (non-hydrogen) atoms. The van der Waals surface area contributed by atoms with E-state index in [1.807, 2.05) is 23.1 Å². The summed E-state index contributed by atoms with van der Waals surface area (Å²) in [5.74, 6) is 1.28. The Kier molecular flexibility index (Phi) is 4.16. The van der Waals surface area contributed by atoms with Crippen LogP contribution >= 0.6 is 23.1 Å². The van der Waals surface area contributed by atoms with Gasteiger partial charge in [0.05, 0.1) is 4.21 Å². The van der Waals surface area contributed by atoms with Crippen LogP contribution in [0.4, 0.5) is 0 Å². The minimum Gasteiger partial charge on any atom is -0.137 e. The molecule has 0 spiro atoms. The number of thioether (sulfide) groups is 1. The second kappa shape index (κ2) is 4.93. The Balaban J connectivity index is 2.46. The summed E-state index contributed by atoms with van der Waals surface area (Å²) in [7, 11) is 0. The first-order valence-corrected chi connectivity index (χ1v) is 6.29. The van der Waals surface area contributed by atoms with Gasteiger partial charge in [0.15, 0.2) is 0 Å². The van der Waals surface area contributed by atoms with Gasteiger partial charge in [-0.05, 0) is 42.5 Å². The second-order valence-corrected chi connectivity index (χ2v) is 5.28. The Hall–Kier alpha value is 0.0500. The average Bonchev–Trinajstić information content (AvgIpc) is 2.36. The molecule has 0 bridgehead atoms. The quantitative estimate of drug-likeness (QED) is 0.517. The van der Waals surface area contributed by atoms with Crippen LogP contribution in [0.15, 0.2) is 9.59 Å². The van der Waals surface area contributed by atoms with Gasteiger partial charge >= 0.3 is 0 Å². The molecule has 1 heterocycles. The molecule has 0 radical (unpaired) electrons. The van der Waals surface area contributed by atoms with Crippen molar-refractivity contribution in [2.24, 2.45) is 0 Å². The summed E-state index contributed by atoms with van der Waals surface area (Å²) in [5, 5.41) is 2.25. The smallest absolute Gasteiger partial charge is 0.0630 e. The molecular formula is C10H16S2. The van der Waals surface area contributed by atoms with Crippen molar-refractivity contribution in [3.05, 3.63) is 16.5 Å². The van der Waals surface area contributed by atoms with E-state index in [2.05, 4.69) is 26.2 Å². The Morgan fingerprint density at radius 1 is 1.42 bits per heavy atom. The van der Waals surface area contributed by atoms with Gasteiger partial charge in [-0.3, -0.25) is 0 Å². The van der Waals surface area contributed by atoms with E-state index in [9.17, 15) is 0 Å². The molecule has 0 saturated carbocycles. The molecule has 0 fully saturated rings. The predicted molar refractivity (Wildman–Crippen MR) is 59.4 cm³/mol. The summed E-state index contributed by atoms with van der Waals surface area (Å²) in [6, 6.07) is 0. The van der Waals surface area contributed by atoms with Crippen molar-refractivity contribution in [1.82, 2.24) is 0 Å². The minimum atomic E-state index is 1.28. The molecule has 2 heteroatoms. The van der Waals surface area contributed by atoms with Crippen LogP contribution < -0.4 is 0 Å². The van der Waals surface area contributed by atoms with Gasteiger partial charge in [0.25, 0.3) is 0 Å². The molecule has 0 aliphatic rings. The number of rotatable bonds is 4. The van der Waals surface area contributed by atoms with E-state index in [4.69, 9.17) is 0 Å². The fourth-order valence-electron chi connectivity index (χ4n) is 0.931. The number of thiophene rings is 1. The fraction of sp³-hybridized carbons (Fsp3) is 0.600. The normalized spacial score (nSPS) is 10.6. The largest absolute Gasteiger partial charge is 0.137 e. The summed E-state index contributed by atoms with van der Waals surface area (Å²) in [5.41, 5.74) is 2.93. The van der Waals surface area contributed by atoms with E-state index >= 15 is 0 Å². The van der Waals surface area contributed by atoms with Crippen LogP contribution in [0.1, 0.15) is 30.9 Å². The molecule has 0 amide bonds. The first-order valence-electron chi connectivity index (χ1n) is 4.43. The number of hydrogen-bond donors (Lipinski definition) is 0. The second-order valence-electron chi connectivity index (χ2n) is 3.03. The zero-order chi connectivity index (χ0) is 8.97. The third-order valence-electron chi connectivity index (χ3n) is 1.97. The van der Waals surface area contributed by atoms with Crippen LogP contribution in [0.3, 0.4) is 0 Å². The molecule has 0 saturated heterocycles. The molecule has 1 aromatic rings. The summed E-state index contributed by atoms with van der Waals surface area (Å²) < 4.78 is 1.51. The van der Waals surface area contributed by atoms with Crippen LogP contribution in [0.5, 0.6) is 0 Å². The highest BCUT2D eigenvalue weighted by Crippen LogP contribution is 2.31. The summed E-state index contributed by atoms with van der Waals surface area (Å²) in [6.45, 7) is 6.66. The highest BCUT2D eigenvalue weighted by atomic mass is 32.2. The van der Waals surface area contributed by atoms with Crippen LogP contribution in [-0.4, -0.2) is 5.75 Å². The molecule has 0 N–H and O–H groups in total. The van der Waals surface area contributed by atoms with E-state index in [0.29, 0.717) is 0 Å². The Morgan fingerprint density at radius 3 is 2.67 bits per heavy atom. The van der Waals surface area contributed by atoms with Crippen LogP contribution in [0.2, 0.25) is 0 Å². The number of hydrogen-bond acceptors (Lipinski definition) is 2. The molecule has 0 aromatic carbocycles. The molecular weight excluding hydrogens is 184 g/mol. The van der Waals surface area contributed by atoms with E-state index in [1.165, 1.54) is 33.9 Å². The van der Waals surface area contributed by atoms with Gasteiger partial charge in [0, 0.05) is 0 Å². The standard InChI is InChI=1S/C10H16S2/c1-4-5-6-11-10-9(3)8(2)7-12-10/h7H,4-6H2,1-3H3. The van der Waals surface area contributed by atoms with Crippen molar-refractivity contribution in [3.8, 4) is 0 Å². The van der Waals surface area contributed by atoms with Gasteiger partial charge in [-0.1, -0.05) is 13.3 Å². The van der Waals surface area contributed by atoms with Crippen LogP contribution in [0, 0.1) is 13.8 Å². The van der Waals surface area contributed by atoms with Crippen molar-refractivity contribution in [2.75, 3.05) is 5.75 Å². The highest BCUT2D eigenvalue weighted by Gasteiger charge is 2.03. The summed E-state index contributed by atoms with van der Waals surface area (Å²) >= 11 is 3.90. The van der Waals surface area contributed by atoms with Gasteiger partial charge < -0.3 is 0 Å². The Labute approximate surface area is 83.4 Å². The van der Waals surface area contributed by atoms with E-state index in [-0.39, 0.29) is 0 Å². The van der Waals surface area contributed by atoms with Gasteiger partial charge in [0.2, 0.25) is 0 Å². The lowest BCUT2D eigenvalue weighted by molar-refractivity contribution is 0.896. The topological polar surface area (TPSA) is 0 Å². The fourth-order valence-corrected chi connectivity index (χ4v) is 3.39. The van der Waals surface area contributed by atoms with E-state index < -0.39 is 0 Å². The SMILES string of the molecule is CCCCSc1scc(C)c1C. The van der Waals surface area contributed by atoms with Gasteiger partial charge in [-0.2, -0.15) is 0 Å². The maximum atomic E-state index is 2.25. The molecule has 0 aliphatic heterocycles. The summed E-state index contributed by atoms with van der Waals surface area (Å²) in [4.78, 5) is 0. The highest BCUT2D eigenvalue weighted by molar-refractivity contribution is 8.01. The van der Waals surface area contributed by atoms with Gasteiger partial charge in [0.1, 0.15) is 0 Å². The molecule has 68 valence electrons. The third kappa shape index (κ3) is 2.53. The number of unbranched alkanes of at least 4 members (excludes halogenated alkanes) is 1. The maximum Gasteiger partial charge on any atom is 0.0630 e. The molecule has 0 aliphatic carbocycles. The lowest BCUT2D eigenvalue weighted by atomic mass is 10.2. The predicted octanol–water partition coefficient (Wildman–Crippen LogP) is 4.26. The van der Waals surface area contributed by atoms with Crippen LogP contribution in [-0.2, 0) is 0 Å². The zero-order valence-corrected chi connectivity index (χ0v) is 9.65. The maximum absolute atomic E-state index is 2.25. The van der Waals surface area contributed by atoms with E-state index in [1.54, 1.807) is 0 Å². The lowest BCUT2D eigenvalue weighted by Gasteiger charge is -1.98.